The number of carbonyl (C=O) groups is 2. The van der Waals surface area contributed by atoms with E-state index in [0.29, 0.717) is 30.3 Å². The minimum absolute atomic E-state index is 0.0125. The fourth-order valence-electron chi connectivity index (χ4n) is 5.03. The first-order valence-corrected chi connectivity index (χ1v) is 13.9. The molecule has 1 aromatic heterocycles. The Kier molecular flexibility index (Phi) is 7.71. The van der Waals surface area contributed by atoms with Crippen LogP contribution in [0.25, 0.3) is 0 Å². The van der Waals surface area contributed by atoms with Gasteiger partial charge in [-0.05, 0) is 103 Å². The zero-order chi connectivity index (χ0) is 27.6. The number of hydrogen-bond donors (Lipinski definition) is 3. The molecule has 1 saturated carbocycles. The quantitative estimate of drug-likeness (QED) is 0.346. The number of nitrogens with two attached hydrogens (primary N) is 1. The van der Waals surface area contributed by atoms with E-state index >= 15 is 0 Å². The minimum atomic E-state index is -0.117. The lowest BCUT2D eigenvalue weighted by atomic mass is 9.83. The summed E-state index contributed by atoms with van der Waals surface area (Å²) >= 11 is 0. The molecule has 0 aliphatic heterocycles. The smallest absolute Gasteiger partial charge is 0.228 e. The highest BCUT2D eigenvalue weighted by Gasteiger charge is 2.30. The Morgan fingerprint density at radius 1 is 0.923 bits per heavy atom. The van der Waals surface area contributed by atoms with Crippen LogP contribution in [0, 0.1) is 11.8 Å². The normalized spacial score (nSPS) is 16.8. The van der Waals surface area contributed by atoms with Crippen LogP contribution in [0.3, 0.4) is 0 Å². The number of hydrogen-bond acceptors (Lipinski definition) is 5. The second-order valence-electron chi connectivity index (χ2n) is 11.8. The molecule has 1 fully saturated rings. The molecule has 1 unspecified atom stereocenters. The number of carbonyl (C=O) groups excluding carboxylic acids is 2. The number of aromatic nitrogens is 1. The van der Waals surface area contributed by atoms with Crippen molar-refractivity contribution in [3.63, 3.8) is 0 Å². The van der Waals surface area contributed by atoms with E-state index < -0.39 is 0 Å². The Bertz CT molecular complexity index is 1370. The van der Waals surface area contributed by atoms with Gasteiger partial charge in [0.25, 0.3) is 0 Å². The highest BCUT2D eigenvalue weighted by Crippen LogP contribution is 2.33. The van der Waals surface area contributed by atoms with Gasteiger partial charge < -0.3 is 21.1 Å². The fraction of sp³-hybridized carbons (Fsp3) is 0.406. The van der Waals surface area contributed by atoms with Crippen molar-refractivity contribution in [3.05, 3.63) is 77.0 Å². The van der Waals surface area contributed by atoms with E-state index in [1.807, 2.05) is 18.2 Å². The molecule has 7 nitrogen and oxygen atoms in total. The van der Waals surface area contributed by atoms with Gasteiger partial charge >= 0.3 is 0 Å². The van der Waals surface area contributed by atoms with E-state index in [1.165, 1.54) is 11.1 Å². The molecule has 2 aliphatic rings. The van der Waals surface area contributed by atoms with E-state index in [0.717, 1.165) is 48.9 Å². The van der Waals surface area contributed by atoms with Crippen molar-refractivity contribution in [1.82, 2.24) is 4.98 Å². The molecule has 0 spiro atoms. The van der Waals surface area contributed by atoms with Crippen LogP contribution in [0.4, 0.5) is 11.5 Å². The van der Waals surface area contributed by atoms with Crippen molar-refractivity contribution in [1.29, 1.82) is 0 Å². The lowest BCUT2D eigenvalue weighted by Gasteiger charge is -2.25. The third-order valence-corrected chi connectivity index (χ3v) is 7.50. The van der Waals surface area contributed by atoms with Crippen LogP contribution in [-0.4, -0.2) is 23.3 Å². The van der Waals surface area contributed by atoms with Gasteiger partial charge in [0.05, 0.1) is 0 Å². The summed E-state index contributed by atoms with van der Waals surface area (Å²) in [6.45, 7) is 7.10. The average molecular weight is 527 g/mol. The Morgan fingerprint density at radius 2 is 1.69 bits per heavy atom. The number of ether oxygens (including phenoxy) is 1. The number of anilines is 2. The zero-order valence-corrected chi connectivity index (χ0v) is 23.0. The number of benzene rings is 2. The summed E-state index contributed by atoms with van der Waals surface area (Å²) < 4.78 is 6.11. The van der Waals surface area contributed by atoms with Crippen LogP contribution in [0.2, 0.25) is 0 Å². The molecule has 2 aliphatic carbocycles. The van der Waals surface area contributed by atoms with Gasteiger partial charge in [-0.3, -0.25) is 9.59 Å². The number of pyridine rings is 1. The first-order valence-electron chi connectivity index (χ1n) is 13.9. The maximum atomic E-state index is 13.4. The van der Waals surface area contributed by atoms with Crippen molar-refractivity contribution in [2.24, 2.45) is 17.6 Å². The topological polar surface area (TPSA) is 106 Å². The first kappa shape index (κ1) is 26.9. The van der Waals surface area contributed by atoms with Gasteiger partial charge in [0, 0.05) is 29.8 Å². The summed E-state index contributed by atoms with van der Waals surface area (Å²) in [6.07, 6.45) is 6.60. The molecule has 0 radical (unpaired) electrons. The Labute approximate surface area is 230 Å². The first-order chi connectivity index (χ1) is 18.7. The zero-order valence-electron chi connectivity index (χ0n) is 23.0. The van der Waals surface area contributed by atoms with Gasteiger partial charge in [-0.15, -0.1) is 0 Å². The number of fused-ring (bicyclic) bond motifs is 1. The Hall–Kier alpha value is -3.71. The molecule has 3 aromatic rings. The molecule has 0 bridgehead atoms. The minimum Gasteiger partial charge on any atom is -0.457 e. The van der Waals surface area contributed by atoms with Crippen molar-refractivity contribution in [2.45, 2.75) is 64.7 Å². The maximum absolute atomic E-state index is 13.4. The van der Waals surface area contributed by atoms with E-state index in [-0.39, 0.29) is 29.1 Å². The largest absolute Gasteiger partial charge is 0.457 e. The van der Waals surface area contributed by atoms with Gasteiger partial charge in [0.2, 0.25) is 11.8 Å². The van der Waals surface area contributed by atoms with Gasteiger partial charge in [-0.25, -0.2) is 4.98 Å². The standard InChI is InChI=1S/C32H38N4O3/c1-32(2,3)25-14-20(10-12-33)15-26(18-25)35-31(38)23-7-4-21-8-9-27(17-24(21)16-23)39-28-11-13-34-29(19-28)36-30(37)22-5-6-22/h8-9,11,13-15,17-19,22-23H,4-7,10,12,16,33H2,1-3H3,(H,35,38)(H,34,36,37). The summed E-state index contributed by atoms with van der Waals surface area (Å²) in [5, 5.41) is 6.05. The van der Waals surface area contributed by atoms with Crippen LogP contribution >= 0.6 is 0 Å². The number of amides is 2. The Morgan fingerprint density at radius 3 is 2.44 bits per heavy atom. The highest BCUT2D eigenvalue weighted by molar-refractivity contribution is 5.94. The lowest BCUT2D eigenvalue weighted by Crippen LogP contribution is -2.28. The van der Waals surface area contributed by atoms with Crippen LogP contribution < -0.4 is 21.1 Å². The molecule has 4 N–H and O–H groups in total. The van der Waals surface area contributed by atoms with Crippen LogP contribution in [0.1, 0.15) is 62.3 Å². The van der Waals surface area contributed by atoms with E-state index in [9.17, 15) is 9.59 Å². The van der Waals surface area contributed by atoms with E-state index in [2.05, 4.69) is 54.6 Å². The highest BCUT2D eigenvalue weighted by atomic mass is 16.5. The van der Waals surface area contributed by atoms with Gasteiger partial charge in [-0.2, -0.15) is 0 Å². The third kappa shape index (κ3) is 6.84. The predicted octanol–water partition coefficient (Wildman–Crippen LogP) is 5.76. The van der Waals surface area contributed by atoms with Crippen LogP contribution in [0.5, 0.6) is 11.5 Å². The molecule has 39 heavy (non-hydrogen) atoms. The van der Waals surface area contributed by atoms with Gasteiger partial charge in [-0.1, -0.05) is 32.9 Å². The summed E-state index contributed by atoms with van der Waals surface area (Å²) in [4.78, 5) is 29.7. The predicted molar refractivity (Wildman–Crippen MR) is 154 cm³/mol. The van der Waals surface area contributed by atoms with Crippen molar-refractivity contribution >= 4 is 23.3 Å². The molecular formula is C32H38N4O3. The van der Waals surface area contributed by atoms with Crippen LogP contribution in [-0.2, 0) is 34.3 Å². The second kappa shape index (κ2) is 11.2. The van der Waals surface area contributed by atoms with E-state index in [4.69, 9.17) is 10.5 Å². The molecule has 2 amide bonds. The molecule has 2 aromatic carbocycles. The lowest BCUT2D eigenvalue weighted by molar-refractivity contribution is -0.120. The number of nitrogens with zero attached hydrogens (tertiary/aromatic N) is 1. The van der Waals surface area contributed by atoms with Gasteiger partial charge in [0.15, 0.2) is 0 Å². The Balaban J connectivity index is 1.26. The summed E-state index contributed by atoms with van der Waals surface area (Å²) in [6, 6.07) is 15.9. The third-order valence-electron chi connectivity index (χ3n) is 7.50. The van der Waals surface area contributed by atoms with Crippen LogP contribution in [0.15, 0.2) is 54.7 Å². The SMILES string of the molecule is CC(C)(C)c1cc(CCN)cc(NC(=O)C2CCc3ccc(Oc4ccnc(NC(=O)C5CC5)c4)cc3C2)c1. The summed E-state index contributed by atoms with van der Waals surface area (Å²) in [5.41, 5.74) is 11.3. The van der Waals surface area contributed by atoms with E-state index in [1.54, 1.807) is 18.3 Å². The second-order valence-corrected chi connectivity index (χ2v) is 11.8. The van der Waals surface area contributed by atoms with Crippen molar-refractivity contribution in [2.75, 3.05) is 17.2 Å². The summed E-state index contributed by atoms with van der Waals surface area (Å²) in [7, 11) is 0. The number of rotatable bonds is 8. The maximum Gasteiger partial charge on any atom is 0.228 e. The number of aryl methyl sites for hydroxylation is 1. The van der Waals surface area contributed by atoms with Gasteiger partial charge in [0.1, 0.15) is 17.3 Å². The molecular weight excluding hydrogens is 488 g/mol. The molecule has 1 atom stereocenters. The van der Waals surface area contributed by atoms with Crippen molar-refractivity contribution < 1.29 is 14.3 Å². The van der Waals surface area contributed by atoms with Crippen molar-refractivity contribution in [3.8, 4) is 11.5 Å². The monoisotopic (exact) mass is 526 g/mol. The fourth-order valence-corrected chi connectivity index (χ4v) is 5.03. The average Bonchev–Trinajstić information content (AvgIpc) is 3.74. The molecule has 1 heterocycles. The molecule has 0 saturated heterocycles. The number of nitrogens with one attached hydrogen (secondary N) is 2. The molecule has 204 valence electrons. The summed E-state index contributed by atoms with van der Waals surface area (Å²) in [5.74, 6) is 1.84. The molecule has 5 rings (SSSR count). The molecule has 7 heteroatoms.